The monoisotopic (exact) mass is 395 g/mol. The standard InChI is InChI=1S/C20H21N5O2S/c1-4-25-12(3)18(11(2)24-25)19(27)23-20-22-16(10-28-20)14-5-7-15-13(9-14)6-8-17(26)21-15/h5,7,9-10H,4,6,8H2,1-3H3,(H,21,26)(H,22,23,27). The molecule has 0 saturated heterocycles. The Morgan fingerprint density at radius 2 is 2.14 bits per heavy atom. The van der Waals surface area contributed by atoms with Crippen molar-refractivity contribution in [3.63, 3.8) is 0 Å². The zero-order valence-corrected chi connectivity index (χ0v) is 16.8. The molecule has 2 N–H and O–H groups in total. The first-order valence-electron chi connectivity index (χ1n) is 9.20. The van der Waals surface area contributed by atoms with Gasteiger partial charge in [-0.05, 0) is 44.9 Å². The van der Waals surface area contributed by atoms with E-state index in [-0.39, 0.29) is 11.8 Å². The van der Waals surface area contributed by atoms with E-state index in [0.717, 1.165) is 41.2 Å². The van der Waals surface area contributed by atoms with Crippen LogP contribution in [0.4, 0.5) is 10.8 Å². The van der Waals surface area contributed by atoms with Gasteiger partial charge in [-0.15, -0.1) is 11.3 Å². The Bertz CT molecular complexity index is 1080. The molecule has 0 saturated carbocycles. The van der Waals surface area contributed by atoms with E-state index in [1.807, 2.05) is 43.0 Å². The minimum Gasteiger partial charge on any atom is -0.326 e. The highest BCUT2D eigenvalue weighted by Gasteiger charge is 2.20. The number of aryl methyl sites for hydroxylation is 3. The first-order chi connectivity index (χ1) is 13.5. The third-order valence-corrected chi connectivity index (χ3v) is 5.69. The molecule has 0 aliphatic carbocycles. The van der Waals surface area contributed by atoms with Crippen LogP contribution in [-0.2, 0) is 17.8 Å². The fourth-order valence-electron chi connectivity index (χ4n) is 3.50. The van der Waals surface area contributed by atoms with Gasteiger partial charge in [-0.1, -0.05) is 6.07 Å². The fourth-order valence-corrected chi connectivity index (χ4v) is 4.21. The van der Waals surface area contributed by atoms with E-state index in [4.69, 9.17) is 0 Å². The Morgan fingerprint density at radius 1 is 1.32 bits per heavy atom. The van der Waals surface area contributed by atoms with Crippen LogP contribution in [0.1, 0.15) is 40.7 Å². The van der Waals surface area contributed by atoms with E-state index in [1.165, 1.54) is 11.3 Å². The molecular weight excluding hydrogens is 374 g/mol. The molecule has 3 aromatic rings. The number of hydrogen-bond acceptors (Lipinski definition) is 5. The molecule has 0 unspecified atom stereocenters. The van der Waals surface area contributed by atoms with Crippen molar-refractivity contribution in [2.45, 2.75) is 40.2 Å². The summed E-state index contributed by atoms with van der Waals surface area (Å²) < 4.78 is 1.82. The highest BCUT2D eigenvalue weighted by molar-refractivity contribution is 7.14. The third kappa shape index (κ3) is 3.31. The summed E-state index contributed by atoms with van der Waals surface area (Å²) in [7, 11) is 0. The highest BCUT2D eigenvalue weighted by atomic mass is 32.1. The molecule has 0 radical (unpaired) electrons. The molecule has 0 spiro atoms. The lowest BCUT2D eigenvalue weighted by molar-refractivity contribution is -0.116. The van der Waals surface area contributed by atoms with Gasteiger partial charge in [0.1, 0.15) is 0 Å². The normalized spacial score (nSPS) is 13.2. The summed E-state index contributed by atoms with van der Waals surface area (Å²) in [4.78, 5) is 28.8. The van der Waals surface area contributed by atoms with Gasteiger partial charge < -0.3 is 5.32 Å². The molecule has 144 valence electrons. The lowest BCUT2D eigenvalue weighted by Gasteiger charge is -2.17. The van der Waals surface area contributed by atoms with Crippen molar-refractivity contribution in [1.82, 2.24) is 14.8 Å². The van der Waals surface area contributed by atoms with Crippen LogP contribution in [0.3, 0.4) is 0 Å². The second-order valence-corrected chi connectivity index (χ2v) is 7.63. The Kier molecular flexibility index (Phi) is 4.72. The first kappa shape index (κ1) is 18.4. The second kappa shape index (κ2) is 7.20. The number of thiazole rings is 1. The molecule has 8 heteroatoms. The number of carbonyl (C=O) groups is 2. The summed E-state index contributed by atoms with van der Waals surface area (Å²) in [5.41, 5.74) is 5.91. The molecule has 1 aromatic carbocycles. The summed E-state index contributed by atoms with van der Waals surface area (Å²) in [6, 6.07) is 5.89. The second-order valence-electron chi connectivity index (χ2n) is 6.77. The van der Waals surface area contributed by atoms with Crippen LogP contribution in [0.15, 0.2) is 23.6 Å². The van der Waals surface area contributed by atoms with E-state index < -0.39 is 0 Å². The van der Waals surface area contributed by atoms with Crippen LogP contribution in [0.25, 0.3) is 11.3 Å². The summed E-state index contributed by atoms with van der Waals surface area (Å²) in [5, 5.41) is 12.7. The summed E-state index contributed by atoms with van der Waals surface area (Å²) >= 11 is 1.39. The van der Waals surface area contributed by atoms with E-state index in [0.29, 0.717) is 22.8 Å². The number of anilines is 2. The van der Waals surface area contributed by atoms with E-state index in [1.54, 1.807) is 0 Å². The average molecular weight is 395 g/mol. The molecule has 0 atom stereocenters. The van der Waals surface area contributed by atoms with Crippen LogP contribution in [-0.4, -0.2) is 26.6 Å². The van der Waals surface area contributed by atoms with Gasteiger partial charge in [0.2, 0.25) is 5.91 Å². The lowest BCUT2D eigenvalue weighted by atomic mass is 9.99. The van der Waals surface area contributed by atoms with Crippen molar-refractivity contribution in [2.24, 2.45) is 0 Å². The zero-order valence-electron chi connectivity index (χ0n) is 16.0. The van der Waals surface area contributed by atoms with Gasteiger partial charge in [0.05, 0.1) is 17.0 Å². The summed E-state index contributed by atoms with van der Waals surface area (Å²) in [6.07, 6.45) is 1.22. The van der Waals surface area contributed by atoms with Gasteiger partial charge in [-0.2, -0.15) is 5.10 Å². The SMILES string of the molecule is CCn1nc(C)c(C(=O)Nc2nc(-c3ccc4c(c3)CCC(=O)N4)cs2)c1C. The van der Waals surface area contributed by atoms with Gasteiger partial charge in [-0.3, -0.25) is 19.6 Å². The number of rotatable bonds is 4. The van der Waals surface area contributed by atoms with Crippen molar-refractivity contribution < 1.29 is 9.59 Å². The zero-order chi connectivity index (χ0) is 19.8. The molecule has 28 heavy (non-hydrogen) atoms. The van der Waals surface area contributed by atoms with E-state index in [2.05, 4.69) is 26.8 Å². The lowest BCUT2D eigenvalue weighted by Crippen LogP contribution is -2.18. The number of hydrogen-bond donors (Lipinski definition) is 2. The summed E-state index contributed by atoms with van der Waals surface area (Å²) in [6.45, 7) is 6.46. The van der Waals surface area contributed by atoms with Crippen LogP contribution in [0, 0.1) is 13.8 Å². The van der Waals surface area contributed by atoms with Gasteiger partial charge in [0, 0.05) is 35.3 Å². The van der Waals surface area contributed by atoms with Gasteiger partial charge in [0.25, 0.3) is 5.91 Å². The largest absolute Gasteiger partial charge is 0.326 e. The molecule has 3 heterocycles. The van der Waals surface area contributed by atoms with Crippen molar-refractivity contribution in [3.8, 4) is 11.3 Å². The van der Waals surface area contributed by atoms with Gasteiger partial charge >= 0.3 is 0 Å². The molecule has 2 aromatic heterocycles. The highest BCUT2D eigenvalue weighted by Crippen LogP contribution is 2.31. The van der Waals surface area contributed by atoms with Crippen LogP contribution < -0.4 is 10.6 Å². The third-order valence-electron chi connectivity index (χ3n) is 4.93. The van der Waals surface area contributed by atoms with Crippen LogP contribution in [0.5, 0.6) is 0 Å². The maximum absolute atomic E-state index is 12.7. The Hall–Kier alpha value is -3.00. The fraction of sp³-hybridized carbons (Fsp3) is 0.300. The molecule has 4 rings (SSSR count). The van der Waals surface area contributed by atoms with Crippen LogP contribution >= 0.6 is 11.3 Å². The molecule has 2 amide bonds. The van der Waals surface area contributed by atoms with Crippen molar-refractivity contribution in [1.29, 1.82) is 0 Å². The number of aromatic nitrogens is 3. The number of benzene rings is 1. The molecular formula is C20H21N5O2S. The van der Waals surface area contributed by atoms with E-state index in [9.17, 15) is 9.59 Å². The molecule has 7 nitrogen and oxygen atoms in total. The number of nitrogens with one attached hydrogen (secondary N) is 2. The number of carbonyl (C=O) groups excluding carboxylic acids is 2. The molecule has 0 fully saturated rings. The minimum absolute atomic E-state index is 0.0517. The topological polar surface area (TPSA) is 88.9 Å². The van der Waals surface area contributed by atoms with Crippen LogP contribution in [0.2, 0.25) is 0 Å². The Morgan fingerprint density at radius 3 is 2.89 bits per heavy atom. The quantitative estimate of drug-likeness (QED) is 0.704. The number of amides is 2. The Labute approximate surface area is 166 Å². The number of fused-ring (bicyclic) bond motifs is 1. The van der Waals surface area contributed by atoms with Gasteiger partial charge in [0.15, 0.2) is 5.13 Å². The van der Waals surface area contributed by atoms with Gasteiger partial charge in [-0.25, -0.2) is 4.98 Å². The molecule has 1 aliphatic heterocycles. The van der Waals surface area contributed by atoms with Crippen molar-refractivity contribution in [2.75, 3.05) is 10.6 Å². The average Bonchev–Trinajstić information content (AvgIpc) is 3.25. The van der Waals surface area contributed by atoms with E-state index >= 15 is 0 Å². The van der Waals surface area contributed by atoms with Crippen molar-refractivity contribution in [3.05, 3.63) is 46.1 Å². The minimum atomic E-state index is -0.191. The first-order valence-corrected chi connectivity index (χ1v) is 10.1. The molecule has 1 aliphatic rings. The summed E-state index contributed by atoms with van der Waals surface area (Å²) in [5.74, 6) is -0.139. The number of nitrogens with zero attached hydrogens (tertiary/aromatic N) is 3. The smallest absolute Gasteiger partial charge is 0.261 e. The predicted octanol–water partition coefficient (Wildman–Crippen LogP) is 3.78. The molecule has 0 bridgehead atoms. The predicted molar refractivity (Wildman–Crippen MR) is 110 cm³/mol. The maximum Gasteiger partial charge on any atom is 0.261 e. The van der Waals surface area contributed by atoms with Crippen molar-refractivity contribution >= 4 is 34.0 Å². The maximum atomic E-state index is 12.7. The Balaban J connectivity index is 1.55.